The van der Waals surface area contributed by atoms with Crippen LogP contribution in [0.4, 0.5) is 0 Å². The van der Waals surface area contributed by atoms with Crippen molar-refractivity contribution in [2.45, 2.75) is 19.4 Å². The van der Waals surface area contributed by atoms with Gasteiger partial charge in [-0.3, -0.25) is 4.79 Å². The number of hydrogen-bond donors (Lipinski definition) is 0. The summed E-state index contributed by atoms with van der Waals surface area (Å²) in [6.07, 6.45) is 0.117. The predicted molar refractivity (Wildman–Crippen MR) is 66.7 cm³/mol. The third kappa shape index (κ3) is 2.18. The Morgan fingerprint density at radius 1 is 1.44 bits per heavy atom. The fourth-order valence-corrected chi connectivity index (χ4v) is 3.35. The minimum absolute atomic E-state index is 0.117. The van der Waals surface area contributed by atoms with Gasteiger partial charge in [0, 0.05) is 16.2 Å². The predicted octanol–water partition coefficient (Wildman–Crippen LogP) is 1.76. The molecule has 98 valence electrons. The van der Waals surface area contributed by atoms with Crippen LogP contribution in [0.15, 0.2) is 18.2 Å². The molecule has 5 nitrogen and oxygen atoms in total. The summed E-state index contributed by atoms with van der Waals surface area (Å²) < 4.78 is 28.5. The fourth-order valence-electron chi connectivity index (χ4n) is 2.02. The minimum Gasteiger partial charge on any atom is -0.496 e. The Labute approximate surface area is 110 Å². The van der Waals surface area contributed by atoms with Gasteiger partial charge in [-0.05, 0) is 13.0 Å². The number of aryl methyl sites for hydroxylation is 1. The van der Waals surface area contributed by atoms with E-state index in [1.165, 1.54) is 7.11 Å². The molecule has 0 aliphatic carbocycles. The van der Waals surface area contributed by atoms with Crippen molar-refractivity contribution >= 4 is 25.8 Å². The molecule has 0 radical (unpaired) electrons. The van der Waals surface area contributed by atoms with Crippen LogP contribution in [-0.4, -0.2) is 25.7 Å². The van der Waals surface area contributed by atoms with Gasteiger partial charge in [-0.2, -0.15) is 8.42 Å². The van der Waals surface area contributed by atoms with Crippen molar-refractivity contribution in [3.05, 3.63) is 29.3 Å². The first-order valence-electron chi connectivity index (χ1n) is 5.26. The molecule has 0 bridgehead atoms. The van der Waals surface area contributed by atoms with Crippen molar-refractivity contribution in [1.29, 1.82) is 0 Å². The highest BCUT2D eigenvalue weighted by atomic mass is 35.7. The molecule has 0 aromatic heterocycles. The molecule has 1 aromatic carbocycles. The lowest BCUT2D eigenvalue weighted by Crippen LogP contribution is -2.48. The zero-order chi connectivity index (χ0) is 13.5. The van der Waals surface area contributed by atoms with Crippen LogP contribution in [-0.2, 0) is 14.0 Å². The summed E-state index contributed by atoms with van der Waals surface area (Å²) in [6, 6.07) is 4.81. The van der Waals surface area contributed by atoms with Crippen LogP contribution in [0.5, 0.6) is 5.75 Å². The Hall–Kier alpha value is -1.27. The molecule has 1 aromatic rings. The van der Waals surface area contributed by atoms with Gasteiger partial charge < -0.3 is 4.74 Å². The van der Waals surface area contributed by atoms with E-state index in [9.17, 15) is 13.2 Å². The van der Waals surface area contributed by atoms with Gasteiger partial charge in [0.25, 0.3) is 0 Å². The molecule has 1 unspecified atom stereocenters. The van der Waals surface area contributed by atoms with Crippen LogP contribution in [0.2, 0.25) is 0 Å². The maximum atomic E-state index is 11.4. The van der Waals surface area contributed by atoms with Gasteiger partial charge in [0.2, 0.25) is 5.91 Å². The van der Waals surface area contributed by atoms with E-state index in [-0.39, 0.29) is 6.42 Å². The maximum Gasteiger partial charge on any atom is 0.324 e. The second kappa shape index (κ2) is 4.44. The maximum absolute atomic E-state index is 11.4. The van der Waals surface area contributed by atoms with Crippen molar-refractivity contribution < 1.29 is 17.9 Å². The molecule has 1 heterocycles. The summed E-state index contributed by atoms with van der Waals surface area (Å²) in [5, 5.41) is 0. The number of rotatable bonds is 3. The Bertz CT molecular complexity index is 599. The van der Waals surface area contributed by atoms with Crippen LogP contribution < -0.4 is 4.74 Å². The zero-order valence-electron chi connectivity index (χ0n) is 9.88. The molecule has 1 saturated heterocycles. The summed E-state index contributed by atoms with van der Waals surface area (Å²) in [6.45, 7) is 1.88. The van der Waals surface area contributed by atoms with Gasteiger partial charge in [-0.15, -0.1) is 0 Å². The van der Waals surface area contributed by atoms with E-state index in [0.29, 0.717) is 15.6 Å². The Morgan fingerprint density at radius 2 is 2.11 bits per heavy atom. The second-order valence-electron chi connectivity index (χ2n) is 4.10. The highest BCUT2D eigenvalue weighted by molar-refractivity contribution is 8.12. The topological polar surface area (TPSA) is 63.7 Å². The molecule has 0 N–H and O–H groups in total. The van der Waals surface area contributed by atoms with Crippen LogP contribution >= 0.6 is 10.7 Å². The molecule has 0 saturated carbocycles. The summed E-state index contributed by atoms with van der Waals surface area (Å²) in [5.74, 6) is 0.0435. The number of ether oxygens (including phenoxy) is 1. The lowest BCUT2D eigenvalue weighted by Gasteiger charge is -2.37. The van der Waals surface area contributed by atoms with Crippen molar-refractivity contribution in [1.82, 2.24) is 4.31 Å². The fraction of sp³-hybridized carbons (Fsp3) is 0.364. The quantitative estimate of drug-likeness (QED) is 0.628. The molecular weight excluding hydrogens is 278 g/mol. The van der Waals surface area contributed by atoms with E-state index in [0.717, 1.165) is 5.56 Å². The SMILES string of the molecule is COc1ccc(C)cc1C1CC(=O)N1S(=O)(=O)Cl. The lowest BCUT2D eigenvalue weighted by atomic mass is 9.95. The van der Waals surface area contributed by atoms with E-state index in [4.69, 9.17) is 15.4 Å². The molecule has 1 amide bonds. The van der Waals surface area contributed by atoms with E-state index >= 15 is 0 Å². The highest BCUT2D eigenvalue weighted by Crippen LogP contribution is 2.42. The van der Waals surface area contributed by atoms with E-state index in [2.05, 4.69) is 0 Å². The summed E-state index contributed by atoms with van der Waals surface area (Å²) in [5.41, 5.74) is 1.61. The third-order valence-corrected chi connectivity index (χ3v) is 4.25. The number of methoxy groups -OCH3 is 1. The first-order valence-corrected chi connectivity index (χ1v) is 7.52. The smallest absolute Gasteiger partial charge is 0.324 e. The Balaban J connectivity index is 2.44. The molecule has 1 atom stereocenters. The van der Waals surface area contributed by atoms with Crippen molar-refractivity contribution in [2.24, 2.45) is 0 Å². The van der Waals surface area contributed by atoms with Gasteiger partial charge in [0.05, 0.1) is 19.6 Å². The van der Waals surface area contributed by atoms with Crippen LogP contribution in [0.3, 0.4) is 0 Å². The second-order valence-corrected chi connectivity index (χ2v) is 6.48. The van der Waals surface area contributed by atoms with E-state index in [1.807, 2.05) is 13.0 Å². The number of carbonyl (C=O) groups excluding carboxylic acids is 1. The average Bonchev–Trinajstić information content (AvgIpc) is 2.23. The summed E-state index contributed by atoms with van der Waals surface area (Å²) in [4.78, 5) is 11.4. The molecular formula is C11H12ClNO4S. The monoisotopic (exact) mass is 289 g/mol. The number of benzene rings is 1. The van der Waals surface area contributed by atoms with Crippen molar-refractivity contribution in [2.75, 3.05) is 7.11 Å². The standard InChI is InChI=1S/C11H12ClNO4S/c1-7-3-4-10(17-2)8(5-7)9-6-11(14)13(9)18(12,15)16/h3-5,9H,6H2,1-2H3. The number of carbonyl (C=O) groups is 1. The number of hydrogen-bond acceptors (Lipinski definition) is 4. The van der Waals surface area contributed by atoms with Crippen LogP contribution in [0, 0.1) is 6.92 Å². The number of halogens is 1. The largest absolute Gasteiger partial charge is 0.496 e. The van der Waals surface area contributed by atoms with Crippen molar-refractivity contribution in [3.63, 3.8) is 0 Å². The lowest BCUT2D eigenvalue weighted by molar-refractivity contribution is -0.137. The van der Waals surface area contributed by atoms with Gasteiger partial charge in [0.15, 0.2) is 0 Å². The van der Waals surface area contributed by atoms with Crippen LogP contribution in [0.25, 0.3) is 0 Å². The minimum atomic E-state index is -4.05. The Kier molecular flexibility index (Phi) is 3.25. The molecule has 1 fully saturated rings. The number of amides is 1. The third-order valence-electron chi connectivity index (χ3n) is 2.88. The molecule has 1 aliphatic heterocycles. The normalized spacial score (nSPS) is 19.6. The summed E-state index contributed by atoms with van der Waals surface area (Å²) >= 11 is 0. The average molecular weight is 290 g/mol. The van der Waals surface area contributed by atoms with Gasteiger partial charge in [-0.1, -0.05) is 17.7 Å². The first-order chi connectivity index (χ1) is 8.34. The number of nitrogens with zero attached hydrogens (tertiary/aromatic N) is 1. The molecule has 18 heavy (non-hydrogen) atoms. The summed E-state index contributed by atoms with van der Waals surface area (Å²) in [7, 11) is 2.69. The highest BCUT2D eigenvalue weighted by Gasteiger charge is 2.45. The van der Waals surface area contributed by atoms with Crippen LogP contribution in [0.1, 0.15) is 23.6 Å². The van der Waals surface area contributed by atoms with Gasteiger partial charge >= 0.3 is 9.24 Å². The molecule has 0 spiro atoms. The Morgan fingerprint density at radius 3 is 2.61 bits per heavy atom. The first kappa shape index (κ1) is 13.2. The van der Waals surface area contributed by atoms with Gasteiger partial charge in [-0.25, -0.2) is 4.31 Å². The van der Waals surface area contributed by atoms with Crippen molar-refractivity contribution in [3.8, 4) is 5.75 Å². The van der Waals surface area contributed by atoms with Gasteiger partial charge in [0.1, 0.15) is 5.75 Å². The molecule has 1 aliphatic rings. The van der Waals surface area contributed by atoms with E-state index < -0.39 is 21.2 Å². The zero-order valence-corrected chi connectivity index (χ0v) is 11.5. The van der Waals surface area contributed by atoms with E-state index in [1.54, 1.807) is 12.1 Å². The molecule has 2 rings (SSSR count). The number of β-lactam (4-membered cyclic amide) rings is 1. The molecule has 7 heteroatoms.